The Hall–Kier alpha value is -1.60. The second kappa shape index (κ2) is 8.31. The van der Waals surface area contributed by atoms with Gasteiger partial charge in [-0.05, 0) is 44.7 Å². The molecule has 128 valence electrons. The number of carbonyl (C=O) groups is 2. The van der Waals surface area contributed by atoms with Crippen LogP contribution in [0.15, 0.2) is 12.4 Å². The van der Waals surface area contributed by atoms with E-state index in [0.717, 1.165) is 38.8 Å². The summed E-state index contributed by atoms with van der Waals surface area (Å²) in [4.78, 5) is 23.6. The lowest BCUT2D eigenvalue weighted by Crippen LogP contribution is -2.29. The maximum Gasteiger partial charge on any atom is 0.241 e. The van der Waals surface area contributed by atoms with Gasteiger partial charge in [-0.3, -0.25) is 14.3 Å². The zero-order valence-electron chi connectivity index (χ0n) is 13.1. The quantitative estimate of drug-likeness (QED) is 0.688. The highest BCUT2D eigenvalue weighted by atomic mass is 35.5. The van der Waals surface area contributed by atoms with Gasteiger partial charge in [-0.25, -0.2) is 0 Å². The van der Waals surface area contributed by atoms with Crippen LogP contribution in [0.5, 0.6) is 0 Å². The Balaban J connectivity index is 0.00000192. The number of anilines is 1. The molecule has 0 bridgehead atoms. The minimum absolute atomic E-state index is 0. The number of amides is 2. The molecule has 1 aliphatic carbocycles. The predicted octanol–water partition coefficient (Wildman–Crippen LogP) is 0.912. The monoisotopic (exact) mass is 341 g/mol. The highest BCUT2D eigenvalue weighted by Crippen LogP contribution is 2.18. The third-order valence-electron chi connectivity index (χ3n) is 4.11. The van der Waals surface area contributed by atoms with E-state index in [0.29, 0.717) is 24.1 Å². The number of nitrogens with zero attached hydrogens (tertiary/aromatic N) is 2. The topological polar surface area (TPSA) is 88.1 Å². The maximum absolute atomic E-state index is 11.9. The fraction of sp³-hybridized carbons (Fsp3) is 0.667. The molecule has 1 saturated heterocycles. The van der Waals surface area contributed by atoms with Crippen molar-refractivity contribution in [3.63, 3.8) is 0 Å². The second-order valence-corrected chi connectivity index (χ2v) is 6.21. The van der Waals surface area contributed by atoms with Gasteiger partial charge in [-0.2, -0.15) is 5.10 Å². The molecule has 1 aromatic heterocycles. The van der Waals surface area contributed by atoms with Crippen molar-refractivity contribution in [2.75, 3.05) is 18.4 Å². The summed E-state index contributed by atoms with van der Waals surface area (Å²) in [5.74, 6) is 0.589. The van der Waals surface area contributed by atoms with E-state index >= 15 is 0 Å². The molecule has 0 spiro atoms. The largest absolute Gasteiger partial charge is 0.352 e. The number of hydrogen-bond acceptors (Lipinski definition) is 4. The Morgan fingerprint density at radius 3 is 2.83 bits per heavy atom. The molecule has 7 nitrogen and oxygen atoms in total. The van der Waals surface area contributed by atoms with Gasteiger partial charge in [0.15, 0.2) is 0 Å². The van der Waals surface area contributed by atoms with Crippen LogP contribution in [0.2, 0.25) is 0 Å². The first kappa shape index (κ1) is 17.7. The molecule has 1 unspecified atom stereocenters. The van der Waals surface area contributed by atoms with Crippen molar-refractivity contribution in [1.82, 2.24) is 20.4 Å². The molecular formula is C15H24ClN5O2. The van der Waals surface area contributed by atoms with Gasteiger partial charge in [0.05, 0.1) is 11.9 Å². The SMILES string of the molecule is Cl.O=C(CCC1CCNC1)Nc1cnn(CC(=O)NC2CC2)c1. The summed E-state index contributed by atoms with van der Waals surface area (Å²) >= 11 is 0. The Kier molecular flexibility index (Phi) is 6.41. The summed E-state index contributed by atoms with van der Waals surface area (Å²) in [5, 5.41) is 13.2. The molecule has 2 amide bonds. The van der Waals surface area contributed by atoms with Crippen LogP contribution >= 0.6 is 12.4 Å². The fourth-order valence-corrected chi connectivity index (χ4v) is 2.68. The lowest BCUT2D eigenvalue weighted by molar-refractivity contribution is -0.122. The van der Waals surface area contributed by atoms with Crippen LogP contribution in [0.3, 0.4) is 0 Å². The third kappa shape index (κ3) is 5.84. The zero-order chi connectivity index (χ0) is 15.4. The average Bonchev–Trinajstić information content (AvgIpc) is 2.98. The Morgan fingerprint density at radius 2 is 2.13 bits per heavy atom. The minimum atomic E-state index is -0.0304. The Morgan fingerprint density at radius 1 is 1.30 bits per heavy atom. The van der Waals surface area contributed by atoms with Gasteiger partial charge in [0, 0.05) is 18.7 Å². The summed E-state index contributed by atoms with van der Waals surface area (Å²) in [7, 11) is 0. The minimum Gasteiger partial charge on any atom is -0.352 e. The summed E-state index contributed by atoms with van der Waals surface area (Å²) < 4.78 is 1.55. The van der Waals surface area contributed by atoms with Crippen molar-refractivity contribution in [2.45, 2.75) is 44.7 Å². The normalized spacial score (nSPS) is 19.9. The molecule has 23 heavy (non-hydrogen) atoms. The van der Waals surface area contributed by atoms with Crippen molar-refractivity contribution in [1.29, 1.82) is 0 Å². The maximum atomic E-state index is 11.9. The van der Waals surface area contributed by atoms with Crippen LogP contribution in [-0.4, -0.2) is 40.7 Å². The highest BCUT2D eigenvalue weighted by Gasteiger charge is 2.23. The van der Waals surface area contributed by atoms with Crippen molar-refractivity contribution in [3.8, 4) is 0 Å². The van der Waals surface area contributed by atoms with E-state index in [1.54, 1.807) is 17.1 Å². The number of carbonyl (C=O) groups excluding carboxylic acids is 2. The summed E-state index contributed by atoms with van der Waals surface area (Å²) in [6.07, 6.45) is 8.02. The second-order valence-electron chi connectivity index (χ2n) is 6.21. The van der Waals surface area contributed by atoms with Gasteiger partial charge in [0.2, 0.25) is 11.8 Å². The van der Waals surface area contributed by atoms with Crippen LogP contribution in [0.1, 0.15) is 32.1 Å². The lowest BCUT2D eigenvalue weighted by Gasteiger charge is -2.07. The number of aromatic nitrogens is 2. The third-order valence-corrected chi connectivity index (χ3v) is 4.11. The molecule has 1 aliphatic heterocycles. The van der Waals surface area contributed by atoms with E-state index in [9.17, 15) is 9.59 Å². The molecule has 2 fully saturated rings. The molecule has 3 N–H and O–H groups in total. The first-order chi connectivity index (χ1) is 10.7. The van der Waals surface area contributed by atoms with Gasteiger partial charge in [0.25, 0.3) is 0 Å². The first-order valence-corrected chi connectivity index (χ1v) is 8.01. The van der Waals surface area contributed by atoms with E-state index in [-0.39, 0.29) is 30.8 Å². The van der Waals surface area contributed by atoms with E-state index in [4.69, 9.17) is 0 Å². The summed E-state index contributed by atoms with van der Waals surface area (Å²) in [6, 6.07) is 0.354. The van der Waals surface area contributed by atoms with E-state index in [2.05, 4.69) is 21.0 Å². The van der Waals surface area contributed by atoms with Gasteiger partial charge < -0.3 is 16.0 Å². The van der Waals surface area contributed by atoms with Crippen molar-refractivity contribution in [2.24, 2.45) is 5.92 Å². The molecule has 2 aliphatic rings. The predicted molar refractivity (Wildman–Crippen MR) is 89.5 cm³/mol. The van der Waals surface area contributed by atoms with Crippen molar-refractivity contribution < 1.29 is 9.59 Å². The Labute approximate surface area is 142 Å². The molecule has 1 atom stereocenters. The molecule has 1 aromatic rings. The van der Waals surface area contributed by atoms with Gasteiger partial charge in [0.1, 0.15) is 6.54 Å². The standard InChI is InChI=1S/C15H23N5O2.ClH/c21-14(4-1-11-5-6-16-7-11)19-13-8-17-20(9-13)10-15(22)18-12-2-3-12;/h8-9,11-12,16H,1-7,10H2,(H,18,22)(H,19,21);1H. The van der Waals surface area contributed by atoms with Crippen LogP contribution in [0.25, 0.3) is 0 Å². The Bertz CT molecular complexity index is 538. The van der Waals surface area contributed by atoms with Crippen LogP contribution in [-0.2, 0) is 16.1 Å². The lowest BCUT2D eigenvalue weighted by atomic mass is 10.0. The van der Waals surface area contributed by atoms with E-state index in [1.807, 2.05) is 0 Å². The molecule has 3 rings (SSSR count). The fourth-order valence-electron chi connectivity index (χ4n) is 2.68. The van der Waals surface area contributed by atoms with E-state index in [1.165, 1.54) is 0 Å². The number of nitrogens with one attached hydrogen (secondary N) is 3. The average molecular weight is 342 g/mol. The molecular weight excluding hydrogens is 318 g/mol. The molecule has 8 heteroatoms. The number of rotatable bonds is 7. The molecule has 1 saturated carbocycles. The van der Waals surface area contributed by atoms with Crippen LogP contribution in [0.4, 0.5) is 5.69 Å². The van der Waals surface area contributed by atoms with Crippen molar-refractivity contribution >= 4 is 29.9 Å². The number of halogens is 1. The molecule has 0 aromatic carbocycles. The molecule has 0 radical (unpaired) electrons. The zero-order valence-corrected chi connectivity index (χ0v) is 13.9. The highest BCUT2D eigenvalue weighted by molar-refractivity contribution is 5.90. The van der Waals surface area contributed by atoms with Crippen molar-refractivity contribution in [3.05, 3.63) is 12.4 Å². The summed E-state index contributed by atoms with van der Waals surface area (Å²) in [6.45, 7) is 2.27. The van der Waals surface area contributed by atoms with Gasteiger partial charge >= 0.3 is 0 Å². The molecule has 2 heterocycles. The van der Waals surface area contributed by atoms with E-state index < -0.39 is 0 Å². The number of hydrogen-bond donors (Lipinski definition) is 3. The summed E-state index contributed by atoms with van der Waals surface area (Å²) in [5.41, 5.74) is 0.647. The smallest absolute Gasteiger partial charge is 0.241 e. The first-order valence-electron chi connectivity index (χ1n) is 8.01. The van der Waals surface area contributed by atoms with Gasteiger partial charge in [-0.15, -0.1) is 12.4 Å². The van der Waals surface area contributed by atoms with Crippen LogP contribution in [0, 0.1) is 5.92 Å². The van der Waals surface area contributed by atoms with Gasteiger partial charge in [-0.1, -0.05) is 0 Å². The van der Waals surface area contributed by atoms with Crippen LogP contribution < -0.4 is 16.0 Å².